The van der Waals surface area contributed by atoms with Gasteiger partial charge < -0.3 is 0 Å². The Morgan fingerprint density at radius 2 is 1.73 bits per heavy atom. The van der Waals surface area contributed by atoms with Crippen molar-refractivity contribution in [3.63, 3.8) is 0 Å². The van der Waals surface area contributed by atoms with Crippen LogP contribution in [-0.4, -0.2) is 0 Å². The first-order chi connectivity index (χ1) is 5.28. The van der Waals surface area contributed by atoms with Gasteiger partial charge in [0.15, 0.2) is 0 Å². The van der Waals surface area contributed by atoms with Gasteiger partial charge in [0.2, 0.25) is 0 Å². The zero-order valence-electron chi connectivity index (χ0n) is 8.48. The summed E-state index contributed by atoms with van der Waals surface area (Å²) in [6, 6.07) is 0. The van der Waals surface area contributed by atoms with Crippen LogP contribution >= 0.6 is 0 Å². The van der Waals surface area contributed by atoms with Gasteiger partial charge in [-0.3, -0.25) is 0 Å². The molecule has 0 aromatic heterocycles. The largest absolute Gasteiger partial charge is 0.0885 e. The second kappa shape index (κ2) is 6.45. The van der Waals surface area contributed by atoms with Gasteiger partial charge in [0.05, 0.1) is 0 Å². The average molecular weight is 154 g/mol. The molecule has 0 N–H and O–H groups in total. The molecule has 0 rings (SSSR count). The molecular weight excluding hydrogens is 132 g/mol. The SMILES string of the molecule is C/C=C(\CC)CC(CC)CC. The van der Waals surface area contributed by atoms with Gasteiger partial charge in [-0.05, 0) is 25.7 Å². The van der Waals surface area contributed by atoms with Crippen LogP contribution in [0.5, 0.6) is 0 Å². The van der Waals surface area contributed by atoms with Crippen molar-refractivity contribution in [2.75, 3.05) is 0 Å². The minimum Gasteiger partial charge on any atom is -0.0885 e. The van der Waals surface area contributed by atoms with Crippen molar-refractivity contribution >= 4 is 0 Å². The molecule has 0 heterocycles. The molecule has 0 radical (unpaired) electrons. The van der Waals surface area contributed by atoms with Gasteiger partial charge >= 0.3 is 0 Å². The Hall–Kier alpha value is -0.260. The van der Waals surface area contributed by atoms with Crippen LogP contribution in [-0.2, 0) is 0 Å². The molecule has 0 aliphatic rings. The predicted octanol–water partition coefficient (Wildman–Crippen LogP) is 4.17. The average Bonchev–Trinajstić information content (AvgIpc) is 2.07. The highest BCUT2D eigenvalue weighted by molar-refractivity contribution is 5.00. The van der Waals surface area contributed by atoms with Gasteiger partial charge in [0, 0.05) is 0 Å². The monoisotopic (exact) mass is 154 g/mol. The zero-order chi connectivity index (χ0) is 8.69. The summed E-state index contributed by atoms with van der Waals surface area (Å²) < 4.78 is 0. The van der Waals surface area contributed by atoms with Gasteiger partial charge in [-0.15, -0.1) is 0 Å². The highest BCUT2D eigenvalue weighted by atomic mass is 14.1. The fraction of sp³-hybridized carbons (Fsp3) is 0.818. The van der Waals surface area contributed by atoms with Gasteiger partial charge in [-0.2, -0.15) is 0 Å². The van der Waals surface area contributed by atoms with Crippen molar-refractivity contribution in [2.45, 2.75) is 53.4 Å². The van der Waals surface area contributed by atoms with Gasteiger partial charge in [-0.25, -0.2) is 0 Å². The molecule has 0 spiro atoms. The van der Waals surface area contributed by atoms with Gasteiger partial charge in [-0.1, -0.05) is 45.3 Å². The molecule has 0 aliphatic carbocycles. The summed E-state index contributed by atoms with van der Waals surface area (Å²) in [6.45, 7) is 8.98. The molecule has 0 bridgehead atoms. The van der Waals surface area contributed by atoms with E-state index in [9.17, 15) is 0 Å². The third-order valence-corrected chi connectivity index (χ3v) is 2.57. The molecule has 0 aliphatic heterocycles. The number of hydrogen-bond donors (Lipinski definition) is 0. The quantitative estimate of drug-likeness (QED) is 0.521. The summed E-state index contributed by atoms with van der Waals surface area (Å²) in [7, 11) is 0. The van der Waals surface area contributed by atoms with Gasteiger partial charge in [0.1, 0.15) is 0 Å². The second-order valence-electron chi connectivity index (χ2n) is 3.19. The fourth-order valence-corrected chi connectivity index (χ4v) is 1.41. The minimum atomic E-state index is 0.918. The Kier molecular flexibility index (Phi) is 6.30. The number of hydrogen-bond acceptors (Lipinski definition) is 0. The highest BCUT2D eigenvalue weighted by Crippen LogP contribution is 2.19. The lowest BCUT2D eigenvalue weighted by Crippen LogP contribution is -1.98. The lowest BCUT2D eigenvalue weighted by Gasteiger charge is -2.13. The van der Waals surface area contributed by atoms with Crippen LogP contribution < -0.4 is 0 Å². The Morgan fingerprint density at radius 3 is 2.00 bits per heavy atom. The molecule has 0 aromatic carbocycles. The van der Waals surface area contributed by atoms with Crippen molar-refractivity contribution in [1.82, 2.24) is 0 Å². The topological polar surface area (TPSA) is 0 Å². The van der Waals surface area contributed by atoms with E-state index in [1.54, 1.807) is 5.57 Å². The van der Waals surface area contributed by atoms with Crippen molar-refractivity contribution in [1.29, 1.82) is 0 Å². The van der Waals surface area contributed by atoms with Crippen LogP contribution in [0.25, 0.3) is 0 Å². The Morgan fingerprint density at radius 1 is 1.18 bits per heavy atom. The Labute approximate surface area is 71.7 Å². The van der Waals surface area contributed by atoms with Crippen molar-refractivity contribution < 1.29 is 0 Å². The van der Waals surface area contributed by atoms with Crippen LogP contribution in [0.2, 0.25) is 0 Å². The molecule has 0 heteroatoms. The lowest BCUT2D eigenvalue weighted by molar-refractivity contribution is 0.483. The van der Waals surface area contributed by atoms with E-state index in [1.807, 2.05) is 0 Å². The summed E-state index contributed by atoms with van der Waals surface area (Å²) in [5, 5.41) is 0. The van der Waals surface area contributed by atoms with E-state index >= 15 is 0 Å². The lowest BCUT2D eigenvalue weighted by atomic mass is 9.93. The smallest absolute Gasteiger partial charge is 0.0292 e. The maximum Gasteiger partial charge on any atom is -0.0292 e. The standard InChI is InChI=1S/C11H22/c1-5-10(6-2)9-11(7-3)8-4/h5,11H,6-9H2,1-4H3/b10-5+. The summed E-state index contributed by atoms with van der Waals surface area (Å²) in [5.41, 5.74) is 1.62. The maximum atomic E-state index is 2.29. The minimum absolute atomic E-state index is 0.918. The van der Waals surface area contributed by atoms with Crippen LogP contribution in [0.15, 0.2) is 11.6 Å². The summed E-state index contributed by atoms with van der Waals surface area (Å²) in [5.74, 6) is 0.918. The molecule has 11 heavy (non-hydrogen) atoms. The maximum absolute atomic E-state index is 2.29. The number of allylic oxidation sites excluding steroid dienone is 2. The summed E-state index contributed by atoms with van der Waals surface area (Å²) in [4.78, 5) is 0. The van der Waals surface area contributed by atoms with Crippen LogP contribution in [0.4, 0.5) is 0 Å². The predicted molar refractivity (Wildman–Crippen MR) is 52.7 cm³/mol. The molecular formula is C11H22. The first-order valence-electron chi connectivity index (χ1n) is 4.92. The van der Waals surface area contributed by atoms with Crippen LogP contribution in [0.1, 0.15) is 53.4 Å². The Balaban J connectivity index is 3.78. The van der Waals surface area contributed by atoms with E-state index < -0.39 is 0 Å². The molecule has 0 aromatic rings. The summed E-state index contributed by atoms with van der Waals surface area (Å²) >= 11 is 0. The first-order valence-corrected chi connectivity index (χ1v) is 4.92. The van der Waals surface area contributed by atoms with E-state index in [0.29, 0.717) is 0 Å². The molecule has 0 atom stereocenters. The van der Waals surface area contributed by atoms with E-state index in [0.717, 1.165) is 5.92 Å². The van der Waals surface area contributed by atoms with Crippen molar-refractivity contribution in [2.24, 2.45) is 5.92 Å². The third kappa shape index (κ3) is 4.23. The van der Waals surface area contributed by atoms with Gasteiger partial charge in [0.25, 0.3) is 0 Å². The van der Waals surface area contributed by atoms with E-state index in [-0.39, 0.29) is 0 Å². The number of rotatable bonds is 5. The molecule has 66 valence electrons. The zero-order valence-corrected chi connectivity index (χ0v) is 8.48. The van der Waals surface area contributed by atoms with Crippen LogP contribution in [0.3, 0.4) is 0 Å². The van der Waals surface area contributed by atoms with E-state index in [1.165, 1.54) is 25.7 Å². The second-order valence-corrected chi connectivity index (χ2v) is 3.19. The molecule has 0 saturated carbocycles. The first kappa shape index (κ1) is 10.7. The van der Waals surface area contributed by atoms with Crippen molar-refractivity contribution in [3.8, 4) is 0 Å². The molecule has 0 saturated heterocycles. The van der Waals surface area contributed by atoms with E-state index in [2.05, 4.69) is 33.8 Å². The summed E-state index contributed by atoms with van der Waals surface area (Å²) in [6.07, 6.45) is 7.48. The molecule has 0 nitrogen and oxygen atoms in total. The molecule has 0 fully saturated rings. The van der Waals surface area contributed by atoms with Crippen molar-refractivity contribution in [3.05, 3.63) is 11.6 Å². The highest BCUT2D eigenvalue weighted by Gasteiger charge is 2.04. The normalized spacial score (nSPS) is 12.6. The van der Waals surface area contributed by atoms with Crippen LogP contribution in [0, 0.1) is 5.92 Å². The molecule has 0 unspecified atom stereocenters. The fourth-order valence-electron chi connectivity index (χ4n) is 1.41. The van der Waals surface area contributed by atoms with E-state index in [4.69, 9.17) is 0 Å². The third-order valence-electron chi connectivity index (χ3n) is 2.57. The molecule has 0 amide bonds. The Bertz CT molecular complexity index is 107.